The van der Waals surface area contributed by atoms with Crippen LogP contribution in [0.25, 0.3) is 0 Å². The Morgan fingerprint density at radius 3 is 2.62 bits per heavy atom. The summed E-state index contributed by atoms with van der Waals surface area (Å²) in [7, 11) is 3.04. The van der Waals surface area contributed by atoms with E-state index >= 15 is 0 Å². The van der Waals surface area contributed by atoms with Crippen LogP contribution in [0.4, 0.5) is 13.2 Å². The van der Waals surface area contributed by atoms with Crippen LogP contribution < -0.4 is 5.32 Å². The molecule has 0 saturated carbocycles. The molecule has 0 atom stereocenters. The molecule has 0 bridgehead atoms. The minimum absolute atomic E-state index is 0. The average Bonchev–Trinajstić information content (AvgIpc) is 3.07. The molecule has 1 aliphatic heterocycles. The van der Waals surface area contributed by atoms with Crippen molar-refractivity contribution in [3.05, 3.63) is 16.1 Å². The van der Waals surface area contributed by atoms with Crippen molar-refractivity contribution in [2.75, 3.05) is 33.8 Å². The van der Waals surface area contributed by atoms with E-state index in [0.29, 0.717) is 49.9 Å². The van der Waals surface area contributed by atoms with Gasteiger partial charge in [-0.3, -0.25) is 9.79 Å². The third-order valence-corrected chi connectivity index (χ3v) is 4.91. The number of rotatable bonds is 4. The Kier molecular flexibility index (Phi) is 9.07. The van der Waals surface area contributed by atoms with Gasteiger partial charge in [-0.25, -0.2) is 4.98 Å². The second kappa shape index (κ2) is 10.3. The van der Waals surface area contributed by atoms with E-state index in [4.69, 9.17) is 4.74 Å². The fourth-order valence-electron chi connectivity index (χ4n) is 2.66. The number of alkyl halides is 3. The largest absolute Gasteiger partial charge is 0.469 e. The van der Waals surface area contributed by atoms with Crippen LogP contribution in [-0.4, -0.2) is 55.6 Å². The maximum atomic E-state index is 12.5. The monoisotopic (exact) mass is 506 g/mol. The smallest absolute Gasteiger partial charge is 0.434 e. The molecule has 6 nitrogen and oxygen atoms in total. The number of likely N-dealkylation sites (tertiary alicyclic amines) is 1. The number of piperidine rings is 1. The Labute approximate surface area is 171 Å². The third-order valence-electron chi connectivity index (χ3n) is 4.00. The molecule has 0 amide bonds. The first kappa shape index (κ1) is 22.9. The van der Waals surface area contributed by atoms with Crippen molar-refractivity contribution in [2.45, 2.75) is 25.4 Å². The van der Waals surface area contributed by atoms with Gasteiger partial charge in [-0.1, -0.05) is 0 Å². The van der Waals surface area contributed by atoms with E-state index in [1.807, 2.05) is 4.90 Å². The Morgan fingerprint density at radius 2 is 2.12 bits per heavy atom. The molecule has 2 rings (SSSR count). The minimum atomic E-state index is -4.40. The highest BCUT2D eigenvalue weighted by atomic mass is 127. The summed E-state index contributed by atoms with van der Waals surface area (Å²) in [5.41, 5.74) is -0.846. The summed E-state index contributed by atoms with van der Waals surface area (Å²) in [5.74, 6) is 0.401. The third kappa shape index (κ3) is 6.25. The molecule has 0 aromatic carbocycles. The number of halogens is 4. The molecule has 1 fully saturated rings. The van der Waals surface area contributed by atoms with E-state index in [1.165, 1.54) is 7.11 Å². The maximum absolute atomic E-state index is 12.5. The highest BCUT2D eigenvalue weighted by molar-refractivity contribution is 14.0. The lowest BCUT2D eigenvalue weighted by Crippen LogP contribution is -2.47. The molecular formula is C15H22F3IN4O2S. The number of hydrogen-bond donors (Lipinski definition) is 1. The Morgan fingerprint density at radius 1 is 1.46 bits per heavy atom. The van der Waals surface area contributed by atoms with Gasteiger partial charge in [0.2, 0.25) is 0 Å². The van der Waals surface area contributed by atoms with Gasteiger partial charge in [-0.15, -0.1) is 35.3 Å². The Hall–Kier alpha value is -1.11. The highest BCUT2D eigenvalue weighted by Gasteiger charge is 2.33. The van der Waals surface area contributed by atoms with Crippen LogP contribution in [0.1, 0.15) is 23.5 Å². The molecular weight excluding hydrogens is 484 g/mol. The van der Waals surface area contributed by atoms with E-state index in [0.717, 1.165) is 16.7 Å². The average molecular weight is 506 g/mol. The van der Waals surface area contributed by atoms with Crippen molar-refractivity contribution in [3.63, 3.8) is 0 Å². The van der Waals surface area contributed by atoms with Crippen LogP contribution in [0.15, 0.2) is 10.4 Å². The molecule has 1 aromatic rings. The SMILES string of the molecule is CN=C(NCCc1nc(C(F)(F)F)cs1)N1CCC(C(=O)OC)CC1.I. The summed E-state index contributed by atoms with van der Waals surface area (Å²) in [6, 6.07) is 0. The number of thiazole rings is 1. The molecule has 1 aromatic heterocycles. The number of nitrogens with zero attached hydrogens (tertiary/aromatic N) is 3. The zero-order chi connectivity index (χ0) is 18.4. The normalized spacial score (nSPS) is 16.2. The number of carbonyl (C=O) groups is 1. The summed E-state index contributed by atoms with van der Waals surface area (Å²) in [5, 5.41) is 4.60. The fraction of sp³-hybridized carbons (Fsp3) is 0.667. The lowest BCUT2D eigenvalue weighted by Gasteiger charge is -2.33. The van der Waals surface area contributed by atoms with Crippen molar-refractivity contribution < 1.29 is 22.7 Å². The molecule has 0 radical (unpaired) electrons. The van der Waals surface area contributed by atoms with Gasteiger partial charge in [0, 0.05) is 38.5 Å². The maximum Gasteiger partial charge on any atom is 0.434 e. The van der Waals surface area contributed by atoms with Crippen molar-refractivity contribution in [2.24, 2.45) is 10.9 Å². The fourth-order valence-corrected chi connectivity index (χ4v) is 3.47. The predicted octanol–water partition coefficient (Wildman–Crippen LogP) is 2.78. The minimum Gasteiger partial charge on any atom is -0.469 e. The standard InChI is InChI=1S/C15H21F3N4O2S.HI/c1-19-14(22-7-4-10(5-8-22)13(23)24-2)20-6-3-12-21-11(9-25-12)15(16,17)18;/h9-10H,3-8H2,1-2H3,(H,19,20);1H. The Balaban J connectivity index is 0.00000338. The van der Waals surface area contributed by atoms with E-state index in [-0.39, 0.29) is 35.9 Å². The molecule has 0 aliphatic carbocycles. The van der Waals surface area contributed by atoms with Gasteiger partial charge in [0.1, 0.15) is 0 Å². The van der Waals surface area contributed by atoms with E-state index < -0.39 is 11.9 Å². The first-order chi connectivity index (χ1) is 11.8. The number of methoxy groups -OCH3 is 1. The summed E-state index contributed by atoms with van der Waals surface area (Å²) < 4.78 is 42.4. The highest BCUT2D eigenvalue weighted by Crippen LogP contribution is 2.30. The zero-order valence-electron chi connectivity index (χ0n) is 14.5. The lowest BCUT2D eigenvalue weighted by atomic mass is 9.97. The van der Waals surface area contributed by atoms with Crippen molar-refractivity contribution in [3.8, 4) is 0 Å². The molecule has 26 heavy (non-hydrogen) atoms. The van der Waals surface area contributed by atoms with Gasteiger partial charge in [0.15, 0.2) is 11.7 Å². The molecule has 0 unspecified atom stereocenters. The number of hydrogen-bond acceptors (Lipinski definition) is 5. The number of esters is 1. The quantitative estimate of drug-likeness (QED) is 0.295. The number of nitrogens with one attached hydrogen (secondary N) is 1. The van der Waals surface area contributed by atoms with Crippen LogP contribution >= 0.6 is 35.3 Å². The summed E-state index contributed by atoms with van der Waals surface area (Å²) in [6.07, 6.45) is -2.63. The molecule has 148 valence electrons. The van der Waals surface area contributed by atoms with E-state index in [9.17, 15) is 18.0 Å². The molecule has 1 aliphatic rings. The second-order valence-corrected chi connectivity index (χ2v) is 6.58. The van der Waals surface area contributed by atoms with Crippen molar-refractivity contribution >= 4 is 47.2 Å². The lowest BCUT2D eigenvalue weighted by molar-refractivity contribution is -0.146. The zero-order valence-corrected chi connectivity index (χ0v) is 17.7. The molecule has 2 heterocycles. The van der Waals surface area contributed by atoms with Gasteiger partial charge in [0.25, 0.3) is 0 Å². The van der Waals surface area contributed by atoms with Gasteiger partial charge in [-0.05, 0) is 12.8 Å². The van der Waals surface area contributed by atoms with Crippen LogP contribution in [0.3, 0.4) is 0 Å². The first-order valence-electron chi connectivity index (χ1n) is 7.90. The molecule has 1 saturated heterocycles. The van der Waals surface area contributed by atoms with Crippen LogP contribution in [0.5, 0.6) is 0 Å². The number of aromatic nitrogens is 1. The van der Waals surface area contributed by atoms with E-state index in [1.54, 1.807) is 7.05 Å². The van der Waals surface area contributed by atoms with Gasteiger partial charge in [-0.2, -0.15) is 13.2 Å². The molecule has 0 spiro atoms. The van der Waals surface area contributed by atoms with E-state index in [2.05, 4.69) is 15.3 Å². The summed E-state index contributed by atoms with van der Waals surface area (Å²) in [6.45, 7) is 1.79. The number of ether oxygens (including phenoxy) is 1. The molecule has 11 heteroatoms. The Bertz CT molecular complexity index is 616. The second-order valence-electron chi connectivity index (χ2n) is 5.63. The van der Waals surface area contributed by atoms with Crippen LogP contribution in [0, 0.1) is 5.92 Å². The number of aliphatic imine (C=N–C) groups is 1. The van der Waals surface area contributed by atoms with Gasteiger partial charge < -0.3 is 15.0 Å². The number of guanidine groups is 1. The van der Waals surface area contributed by atoms with Crippen molar-refractivity contribution in [1.29, 1.82) is 0 Å². The molecule has 1 N–H and O–H groups in total. The van der Waals surface area contributed by atoms with Gasteiger partial charge >= 0.3 is 12.1 Å². The van der Waals surface area contributed by atoms with Crippen molar-refractivity contribution in [1.82, 2.24) is 15.2 Å². The summed E-state index contributed by atoms with van der Waals surface area (Å²) >= 11 is 1.00. The van der Waals surface area contributed by atoms with Crippen LogP contribution in [-0.2, 0) is 22.1 Å². The van der Waals surface area contributed by atoms with Crippen LogP contribution in [0.2, 0.25) is 0 Å². The predicted molar refractivity (Wildman–Crippen MR) is 104 cm³/mol. The number of carbonyl (C=O) groups excluding carboxylic acids is 1. The van der Waals surface area contributed by atoms with Gasteiger partial charge in [0.05, 0.1) is 18.0 Å². The topological polar surface area (TPSA) is 66.8 Å². The summed E-state index contributed by atoms with van der Waals surface area (Å²) in [4.78, 5) is 21.4. The first-order valence-corrected chi connectivity index (χ1v) is 8.78.